The molecule has 2 aromatic carbocycles. The van der Waals surface area contributed by atoms with Crippen LogP contribution >= 0.6 is 0 Å². The number of rotatable bonds is 10. The lowest BCUT2D eigenvalue weighted by Crippen LogP contribution is -2.12. The molecule has 0 spiro atoms. The van der Waals surface area contributed by atoms with Crippen molar-refractivity contribution >= 4 is 21.8 Å². The first-order valence-corrected chi connectivity index (χ1v) is 9.37. The molecule has 27 heavy (non-hydrogen) atoms. The quantitative estimate of drug-likeness (QED) is 0.378. The van der Waals surface area contributed by atoms with Crippen molar-refractivity contribution in [2.45, 2.75) is 12.8 Å². The first kappa shape index (κ1) is 19.2. The zero-order valence-electron chi connectivity index (χ0n) is 15.9. The lowest BCUT2D eigenvalue weighted by molar-refractivity contribution is 0.310. The number of hydrogen-bond donors (Lipinski definition) is 3. The molecule has 3 N–H and O–H groups in total. The molecule has 3 rings (SSSR count). The molecule has 0 aliphatic carbocycles. The van der Waals surface area contributed by atoms with Gasteiger partial charge in [-0.2, -0.15) is 0 Å². The van der Waals surface area contributed by atoms with Gasteiger partial charge in [0, 0.05) is 22.9 Å². The molecular weight excluding hydrogens is 342 g/mol. The van der Waals surface area contributed by atoms with Crippen LogP contribution in [0, 0.1) is 0 Å². The molecular formula is C21H27N3O3. The van der Waals surface area contributed by atoms with E-state index in [1.165, 1.54) is 0 Å². The molecule has 6 heteroatoms. The van der Waals surface area contributed by atoms with Crippen LogP contribution in [-0.4, -0.2) is 45.4 Å². The van der Waals surface area contributed by atoms with Crippen molar-refractivity contribution in [3.8, 4) is 11.5 Å². The number of benzene rings is 2. The van der Waals surface area contributed by atoms with Crippen molar-refractivity contribution in [1.29, 1.82) is 0 Å². The van der Waals surface area contributed by atoms with E-state index >= 15 is 0 Å². The summed E-state index contributed by atoms with van der Waals surface area (Å²) >= 11 is 0. The lowest BCUT2D eigenvalue weighted by Gasteiger charge is -2.10. The Labute approximate surface area is 158 Å². The van der Waals surface area contributed by atoms with Crippen LogP contribution in [0.15, 0.2) is 41.2 Å². The minimum atomic E-state index is 0.0159. The Balaban J connectivity index is 1.85. The number of pyridine rings is 1. The van der Waals surface area contributed by atoms with E-state index in [9.17, 15) is 4.79 Å². The number of aromatic nitrogens is 1. The van der Waals surface area contributed by atoms with Crippen molar-refractivity contribution in [2.75, 3.05) is 40.4 Å². The highest BCUT2D eigenvalue weighted by Crippen LogP contribution is 2.23. The molecule has 0 aliphatic heterocycles. The van der Waals surface area contributed by atoms with Gasteiger partial charge < -0.3 is 25.1 Å². The molecule has 3 aromatic rings. The van der Waals surface area contributed by atoms with Gasteiger partial charge in [-0.3, -0.25) is 4.79 Å². The minimum absolute atomic E-state index is 0.0159. The molecule has 0 saturated carbocycles. The number of nitrogens with one attached hydrogen (secondary N) is 3. The Morgan fingerprint density at radius 3 is 1.74 bits per heavy atom. The third-order valence-corrected chi connectivity index (χ3v) is 4.42. The lowest BCUT2D eigenvalue weighted by atomic mass is 10.1. The monoisotopic (exact) mass is 369 g/mol. The van der Waals surface area contributed by atoms with Crippen molar-refractivity contribution in [2.24, 2.45) is 0 Å². The zero-order valence-corrected chi connectivity index (χ0v) is 15.9. The third kappa shape index (κ3) is 4.78. The van der Waals surface area contributed by atoms with E-state index in [-0.39, 0.29) is 5.43 Å². The standard InChI is InChI=1S/C21H27N3O3/c1-22-9-3-11-26-15-5-7-17-19(13-15)24-20-14-16(27-12-4-10-23-2)6-8-18(20)21(17)25/h5-8,13-14,22-23H,3-4,9-12H2,1-2H3,(H,24,25). The molecule has 0 aliphatic rings. The van der Waals surface area contributed by atoms with E-state index < -0.39 is 0 Å². The molecule has 6 nitrogen and oxygen atoms in total. The second-order valence-electron chi connectivity index (χ2n) is 6.48. The van der Waals surface area contributed by atoms with Crippen LogP contribution in [0.5, 0.6) is 11.5 Å². The molecule has 0 saturated heterocycles. The maximum absolute atomic E-state index is 12.8. The van der Waals surface area contributed by atoms with E-state index in [2.05, 4.69) is 15.6 Å². The van der Waals surface area contributed by atoms with Crippen LogP contribution in [-0.2, 0) is 0 Å². The Kier molecular flexibility index (Phi) is 6.68. The summed E-state index contributed by atoms with van der Waals surface area (Å²) < 4.78 is 11.6. The highest BCUT2D eigenvalue weighted by atomic mass is 16.5. The highest BCUT2D eigenvalue weighted by Gasteiger charge is 2.08. The summed E-state index contributed by atoms with van der Waals surface area (Å²) in [7, 11) is 3.84. The van der Waals surface area contributed by atoms with Gasteiger partial charge >= 0.3 is 0 Å². The summed E-state index contributed by atoms with van der Waals surface area (Å²) in [5.74, 6) is 1.51. The maximum Gasteiger partial charge on any atom is 0.197 e. The Bertz CT molecular complexity index is 879. The predicted octanol–water partition coefficient (Wildman–Crippen LogP) is 2.66. The van der Waals surface area contributed by atoms with Gasteiger partial charge in [-0.15, -0.1) is 0 Å². The fourth-order valence-electron chi connectivity index (χ4n) is 3.00. The van der Waals surface area contributed by atoms with Gasteiger partial charge in [-0.25, -0.2) is 0 Å². The SMILES string of the molecule is CNCCCOc1ccc2c(=O)c3ccc(OCCCNC)cc3[nH]c2c1. The molecule has 0 fully saturated rings. The summed E-state index contributed by atoms with van der Waals surface area (Å²) in [6, 6.07) is 11.1. The number of fused-ring (bicyclic) bond motifs is 2. The maximum atomic E-state index is 12.8. The van der Waals surface area contributed by atoms with Crippen LogP contribution in [0.4, 0.5) is 0 Å². The average Bonchev–Trinajstić information content (AvgIpc) is 2.68. The van der Waals surface area contributed by atoms with Gasteiger partial charge in [0.05, 0.1) is 24.2 Å². The zero-order chi connectivity index (χ0) is 19.1. The Morgan fingerprint density at radius 1 is 0.815 bits per heavy atom. The summed E-state index contributed by atoms with van der Waals surface area (Å²) in [5.41, 5.74) is 1.55. The first-order valence-electron chi connectivity index (χ1n) is 9.37. The van der Waals surface area contributed by atoms with Crippen molar-refractivity contribution in [1.82, 2.24) is 15.6 Å². The summed E-state index contributed by atoms with van der Waals surface area (Å²) in [6.07, 6.45) is 1.86. The number of hydrogen-bond acceptors (Lipinski definition) is 5. The van der Waals surface area contributed by atoms with E-state index in [4.69, 9.17) is 9.47 Å². The predicted molar refractivity (Wildman–Crippen MR) is 110 cm³/mol. The van der Waals surface area contributed by atoms with Crippen LogP contribution in [0.2, 0.25) is 0 Å². The van der Waals surface area contributed by atoms with E-state index in [1.807, 2.05) is 50.5 Å². The Hall–Kier alpha value is -2.57. The topological polar surface area (TPSA) is 75.4 Å². The molecule has 1 heterocycles. The molecule has 1 aromatic heterocycles. The van der Waals surface area contributed by atoms with Crippen LogP contribution in [0.3, 0.4) is 0 Å². The smallest absolute Gasteiger partial charge is 0.197 e. The molecule has 0 radical (unpaired) electrons. The van der Waals surface area contributed by atoms with E-state index in [0.29, 0.717) is 24.0 Å². The molecule has 0 atom stereocenters. The number of ether oxygens (including phenoxy) is 2. The van der Waals surface area contributed by atoms with Gasteiger partial charge in [0.15, 0.2) is 5.43 Å². The number of aromatic amines is 1. The molecule has 144 valence electrons. The molecule has 0 unspecified atom stereocenters. The van der Waals surface area contributed by atoms with Crippen LogP contribution < -0.4 is 25.5 Å². The minimum Gasteiger partial charge on any atom is -0.493 e. The van der Waals surface area contributed by atoms with E-state index in [0.717, 1.165) is 48.5 Å². The number of H-pyrrole nitrogens is 1. The van der Waals surface area contributed by atoms with Gasteiger partial charge in [0.25, 0.3) is 0 Å². The highest BCUT2D eigenvalue weighted by molar-refractivity contribution is 5.93. The largest absolute Gasteiger partial charge is 0.493 e. The van der Waals surface area contributed by atoms with Gasteiger partial charge in [-0.1, -0.05) is 0 Å². The summed E-state index contributed by atoms with van der Waals surface area (Å²) in [5, 5.41) is 7.51. The molecule has 0 bridgehead atoms. The Morgan fingerprint density at radius 2 is 1.30 bits per heavy atom. The second kappa shape index (κ2) is 9.39. The molecule has 0 amide bonds. The van der Waals surface area contributed by atoms with E-state index in [1.54, 1.807) is 0 Å². The van der Waals surface area contributed by atoms with Crippen LogP contribution in [0.1, 0.15) is 12.8 Å². The van der Waals surface area contributed by atoms with Gasteiger partial charge in [0.2, 0.25) is 0 Å². The first-order chi connectivity index (χ1) is 13.2. The normalized spacial score (nSPS) is 11.2. The summed E-state index contributed by atoms with van der Waals surface area (Å²) in [4.78, 5) is 16.1. The van der Waals surface area contributed by atoms with Gasteiger partial charge in [-0.05, 0) is 64.3 Å². The van der Waals surface area contributed by atoms with Crippen molar-refractivity contribution in [3.05, 3.63) is 46.6 Å². The van der Waals surface area contributed by atoms with Crippen molar-refractivity contribution in [3.63, 3.8) is 0 Å². The van der Waals surface area contributed by atoms with Crippen LogP contribution in [0.25, 0.3) is 21.8 Å². The van der Waals surface area contributed by atoms with Gasteiger partial charge in [0.1, 0.15) is 11.5 Å². The third-order valence-electron chi connectivity index (χ3n) is 4.42. The fraction of sp³-hybridized carbons (Fsp3) is 0.381. The summed E-state index contributed by atoms with van der Waals surface area (Å²) in [6.45, 7) is 3.09. The average molecular weight is 369 g/mol. The van der Waals surface area contributed by atoms with Crippen molar-refractivity contribution < 1.29 is 9.47 Å². The fourth-order valence-corrected chi connectivity index (χ4v) is 3.00. The second-order valence-corrected chi connectivity index (χ2v) is 6.48.